The number of piperazine rings is 1. The van der Waals surface area contributed by atoms with Crippen molar-refractivity contribution in [3.05, 3.63) is 47.3 Å². The number of amides is 2. The Morgan fingerprint density at radius 1 is 1.15 bits per heavy atom. The van der Waals surface area contributed by atoms with Gasteiger partial charge < -0.3 is 10.2 Å². The zero-order valence-corrected chi connectivity index (χ0v) is 15.9. The maximum absolute atomic E-state index is 13.1. The van der Waals surface area contributed by atoms with Crippen molar-refractivity contribution in [2.45, 2.75) is 45.6 Å². The number of para-hydroxylation sites is 1. The van der Waals surface area contributed by atoms with Crippen molar-refractivity contribution in [2.75, 3.05) is 13.1 Å². The maximum Gasteiger partial charge on any atom is 0.247 e. The lowest BCUT2D eigenvalue weighted by Gasteiger charge is -2.37. The maximum atomic E-state index is 13.1. The van der Waals surface area contributed by atoms with Crippen LogP contribution in [0.4, 0.5) is 0 Å². The van der Waals surface area contributed by atoms with Crippen LogP contribution in [0.3, 0.4) is 0 Å². The van der Waals surface area contributed by atoms with Gasteiger partial charge in [-0.2, -0.15) is 5.10 Å². The molecule has 1 aromatic heterocycles. The molecule has 2 aromatic rings. The quantitative estimate of drug-likeness (QED) is 0.908. The van der Waals surface area contributed by atoms with Crippen molar-refractivity contribution in [3.8, 4) is 5.69 Å². The van der Waals surface area contributed by atoms with Crippen molar-refractivity contribution in [2.24, 2.45) is 5.92 Å². The number of carbonyl (C=O) groups excluding carboxylic acids is 2. The van der Waals surface area contributed by atoms with Gasteiger partial charge in [0.05, 0.1) is 11.4 Å². The molecule has 2 aliphatic rings. The monoisotopic (exact) mass is 366 g/mol. The van der Waals surface area contributed by atoms with E-state index >= 15 is 0 Å². The minimum absolute atomic E-state index is 0.0585. The third kappa shape index (κ3) is 3.13. The van der Waals surface area contributed by atoms with Crippen LogP contribution < -0.4 is 5.32 Å². The van der Waals surface area contributed by atoms with E-state index in [1.165, 1.54) is 0 Å². The first-order valence-corrected chi connectivity index (χ1v) is 9.77. The summed E-state index contributed by atoms with van der Waals surface area (Å²) in [5.74, 6) is 0.0770. The minimum atomic E-state index is -0.593. The van der Waals surface area contributed by atoms with Crippen LogP contribution in [0, 0.1) is 19.8 Å². The molecule has 2 amide bonds. The van der Waals surface area contributed by atoms with Gasteiger partial charge in [0, 0.05) is 30.3 Å². The number of nitrogens with zero attached hydrogens (tertiary/aromatic N) is 3. The smallest absolute Gasteiger partial charge is 0.247 e. The molecule has 4 rings (SSSR count). The van der Waals surface area contributed by atoms with E-state index in [2.05, 4.69) is 10.4 Å². The predicted molar refractivity (Wildman–Crippen MR) is 102 cm³/mol. The van der Waals surface area contributed by atoms with Gasteiger partial charge >= 0.3 is 0 Å². The molecule has 1 aromatic carbocycles. The van der Waals surface area contributed by atoms with Crippen molar-refractivity contribution >= 4 is 11.8 Å². The van der Waals surface area contributed by atoms with Gasteiger partial charge in [-0.05, 0) is 38.8 Å². The zero-order chi connectivity index (χ0) is 19.0. The third-order valence-electron chi connectivity index (χ3n) is 5.82. The molecule has 6 nitrogen and oxygen atoms in total. The molecular weight excluding hydrogens is 340 g/mol. The summed E-state index contributed by atoms with van der Waals surface area (Å²) in [4.78, 5) is 27.8. The molecule has 0 unspecified atom stereocenters. The molecular formula is C21H26N4O2. The number of rotatable bonds is 3. The Kier molecular flexibility index (Phi) is 4.72. The molecule has 0 radical (unpaired) electrons. The van der Waals surface area contributed by atoms with Gasteiger partial charge in [-0.15, -0.1) is 0 Å². The van der Waals surface area contributed by atoms with E-state index in [-0.39, 0.29) is 17.7 Å². The molecule has 6 heteroatoms. The highest BCUT2D eigenvalue weighted by Gasteiger charge is 2.40. The zero-order valence-electron chi connectivity index (χ0n) is 15.9. The van der Waals surface area contributed by atoms with Crippen LogP contribution in [0.15, 0.2) is 30.3 Å². The topological polar surface area (TPSA) is 67.2 Å². The lowest BCUT2D eigenvalue weighted by Crippen LogP contribution is -2.53. The first kappa shape index (κ1) is 17.8. The molecule has 0 spiro atoms. The summed E-state index contributed by atoms with van der Waals surface area (Å²) >= 11 is 0. The number of nitrogens with one attached hydrogen (secondary N) is 1. The summed E-state index contributed by atoms with van der Waals surface area (Å²) in [5, 5.41) is 7.62. The van der Waals surface area contributed by atoms with E-state index < -0.39 is 6.04 Å². The Morgan fingerprint density at radius 2 is 1.85 bits per heavy atom. The predicted octanol–water partition coefficient (Wildman–Crippen LogP) is 2.68. The number of benzene rings is 1. The Labute approximate surface area is 159 Å². The van der Waals surface area contributed by atoms with Crippen LogP contribution >= 0.6 is 0 Å². The molecule has 1 aliphatic carbocycles. The van der Waals surface area contributed by atoms with Gasteiger partial charge in [0.15, 0.2) is 0 Å². The normalized spacial score (nSPS) is 20.7. The molecule has 1 aliphatic heterocycles. The highest BCUT2D eigenvalue weighted by atomic mass is 16.2. The van der Waals surface area contributed by atoms with Crippen molar-refractivity contribution < 1.29 is 9.59 Å². The highest BCUT2D eigenvalue weighted by molar-refractivity contribution is 5.91. The summed E-state index contributed by atoms with van der Waals surface area (Å²) in [6.07, 6.45) is 4.08. The summed E-state index contributed by atoms with van der Waals surface area (Å²) in [5.41, 5.74) is 3.50. The molecule has 27 heavy (non-hydrogen) atoms. The Bertz CT molecular complexity index is 853. The van der Waals surface area contributed by atoms with Gasteiger partial charge in [0.2, 0.25) is 11.8 Å². The van der Waals surface area contributed by atoms with E-state index in [0.717, 1.165) is 48.3 Å². The largest absolute Gasteiger partial charge is 0.352 e. The Balaban J connectivity index is 1.74. The fraction of sp³-hybridized carbons (Fsp3) is 0.476. The fourth-order valence-corrected chi connectivity index (χ4v) is 4.47. The SMILES string of the molecule is Cc1nn(-c2ccccc2)c(C)c1[C@H]1C(=O)NCCN1C(=O)C1CCCC1. The second kappa shape index (κ2) is 7.18. The number of aromatic nitrogens is 2. The van der Waals surface area contributed by atoms with Gasteiger partial charge in [-0.25, -0.2) is 4.68 Å². The third-order valence-corrected chi connectivity index (χ3v) is 5.82. The number of hydrogen-bond acceptors (Lipinski definition) is 3. The number of hydrogen-bond donors (Lipinski definition) is 1. The lowest BCUT2D eigenvalue weighted by atomic mass is 9.97. The molecule has 2 heterocycles. The van der Waals surface area contributed by atoms with Crippen LogP contribution in [-0.4, -0.2) is 39.6 Å². The molecule has 1 saturated carbocycles. The van der Waals surface area contributed by atoms with Crippen molar-refractivity contribution in [1.82, 2.24) is 20.0 Å². The van der Waals surface area contributed by atoms with E-state index in [1.54, 1.807) is 4.90 Å². The molecule has 2 fully saturated rings. The van der Waals surface area contributed by atoms with Crippen LogP contribution in [0.25, 0.3) is 5.69 Å². The molecule has 1 saturated heterocycles. The molecule has 0 bridgehead atoms. The van der Waals surface area contributed by atoms with E-state index in [1.807, 2.05) is 48.9 Å². The summed E-state index contributed by atoms with van der Waals surface area (Å²) in [7, 11) is 0. The Morgan fingerprint density at radius 3 is 2.56 bits per heavy atom. The highest BCUT2D eigenvalue weighted by Crippen LogP contribution is 2.34. The van der Waals surface area contributed by atoms with Gasteiger partial charge in [0.1, 0.15) is 6.04 Å². The van der Waals surface area contributed by atoms with Crippen LogP contribution in [-0.2, 0) is 9.59 Å². The van der Waals surface area contributed by atoms with E-state index in [9.17, 15) is 9.59 Å². The second-order valence-corrected chi connectivity index (χ2v) is 7.54. The van der Waals surface area contributed by atoms with Crippen LogP contribution in [0.2, 0.25) is 0 Å². The Hall–Kier alpha value is -2.63. The van der Waals surface area contributed by atoms with Crippen LogP contribution in [0.1, 0.15) is 48.7 Å². The average Bonchev–Trinajstić information content (AvgIpc) is 3.31. The number of carbonyl (C=O) groups is 2. The molecule has 1 N–H and O–H groups in total. The minimum Gasteiger partial charge on any atom is -0.352 e. The van der Waals surface area contributed by atoms with Gasteiger partial charge in [0.25, 0.3) is 0 Å². The van der Waals surface area contributed by atoms with E-state index in [0.29, 0.717) is 13.1 Å². The molecule has 1 atom stereocenters. The van der Waals surface area contributed by atoms with Crippen molar-refractivity contribution in [3.63, 3.8) is 0 Å². The average molecular weight is 366 g/mol. The first-order chi connectivity index (χ1) is 13.1. The fourth-order valence-electron chi connectivity index (χ4n) is 4.47. The summed E-state index contributed by atoms with van der Waals surface area (Å²) in [6.45, 7) is 4.96. The van der Waals surface area contributed by atoms with Crippen LogP contribution in [0.5, 0.6) is 0 Å². The first-order valence-electron chi connectivity index (χ1n) is 9.77. The van der Waals surface area contributed by atoms with E-state index in [4.69, 9.17) is 0 Å². The van der Waals surface area contributed by atoms with Crippen molar-refractivity contribution in [1.29, 1.82) is 0 Å². The summed E-state index contributed by atoms with van der Waals surface area (Å²) in [6, 6.07) is 9.29. The summed E-state index contributed by atoms with van der Waals surface area (Å²) < 4.78 is 1.87. The molecule has 142 valence electrons. The number of aryl methyl sites for hydroxylation is 1. The lowest BCUT2D eigenvalue weighted by molar-refractivity contribution is -0.146. The van der Waals surface area contributed by atoms with Gasteiger partial charge in [-0.1, -0.05) is 31.0 Å². The standard InChI is InChI=1S/C21H26N4O2/c1-14-18(15(2)25(23-14)17-10-4-3-5-11-17)19-20(26)22-12-13-24(19)21(27)16-8-6-7-9-16/h3-5,10-11,16,19H,6-9,12-13H2,1-2H3,(H,22,26)/t19-/m0/s1. The van der Waals surface area contributed by atoms with Gasteiger partial charge in [-0.3, -0.25) is 9.59 Å². The second-order valence-electron chi connectivity index (χ2n) is 7.54.